The van der Waals surface area contributed by atoms with Crippen molar-refractivity contribution in [3.8, 4) is 5.75 Å². The molecule has 138 valence electrons. The number of benzene rings is 2. The standard InChI is InChI=1S/C21H24ClNO3/c1-4-21(2,3)23-20(26)15-7-5-6-14(10-15)11-18(24)13-16-12-17(22)8-9-19(16)25/h5-10,12,25H,4,11,13H2,1-3H3,(H,23,26). The summed E-state index contributed by atoms with van der Waals surface area (Å²) in [6.07, 6.45) is 1.09. The topological polar surface area (TPSA) is 66.4 Å². The van der Waals surface area contributed by atoms with Gasteiger partial charge in [-0.25, -0.2) is 0 Å². The van der Waals surface area contributed by atoms with Gasteiger partial charge in [0.2, 0.25) is 0 Å². The molecule has 0 aliphatic carbocycles. The second-order valence-electron chi connectivity index (χ2n) is 7.06. The summed E-state index contributed by atoms with van der Waals surface area (Å²) in [5.41, 5.74) is 1.51. The third-order valence-electron chi connectivity index (χ3n) is 4.36. The zero-order chi connectivity index (χ0) is 19.3. The Bertz CT molecular complexity index is 815. The van der Waals surface area contributed by atoms with E-state index in [1.807, 2.05) is 26.8 Å². The first-order valence-corrected chi connectivity index (χ1v) is 8.98. The number of carbonyl (C=O) groups is 2. The van der Waals surface area contributed by atoms with E-state index >= 15 is 0 Å². The van der Waals surface area contributed by atoms with Gasteiger partial charge < -0.3 is 10.4 Å². The van der Waals surface area contributed by atoms with Crippen molar-refractivity contribution in [2.45, 2.75) is 45.6 Å². The van der Waals surface area contributed by atoms with Crippen LogP contribution in [0.25, 0.3) is 0 Å². The molecule has 0 spiro atoms. The highest BCUT2D eigenvalue weighted by Crippen LogP contribution is 2.22. The van der Waals surface area contributed by atoms with Crippen LogP contribution < -0.4 is 5.32 Å². The lowest BCUT2D eigenvalue weighted by Gasteiger charge is -2.24. The summed E-state index contributed by atoms with van der Waals surface area (Å²) in [4.78, 5) is 24.7. The molecule has 0 aromatic heterocycles. The average Bonchev–Trinajstić information content (AvgIpc) is 2.58. The molecule has 0 aliphatic heterocycles. The van der Waals surface area contributed by atoms with Crippen molar-refractivity contribution in [3.63, 3.8) is 0 Å². The zero-order valence-electron chi connectivity index (χ0n) is 15.3. The number of hydrogen-bond acceptors (Lipinski definition) is 3. The molecule has 0 saturated heterocycles. The van der Waals surface area contributed by atoms with E-state index in [-0.39, 0.29) is 35.8 Å². The van der Waals surface area contributed by atoms with Gasteiger partial charge in [0, 0.05) is 34.5 Å². The van der Waals surface area contributed by atoms with E-state index in [0.717, 1.165) is 12.0 Å². The Kier molecular flexibility index (Phi) is 6.43. The van der Waals surface area contributed by atoms with Crippen molar-refractivity contribution in [1.29, 1.82) is 0 Å². The van der Waals surface area contributed by atoms with Gasteiger partial charge in [-0.3, -0.25) is 9.59 Å². The molecule has 0 saturated carbocycles. The zero-order valence-corrected chi connectivity index (χ0v) is 16.1. The van der Waals surface area contributed by atoms with Crippen LogP contribution in [0.15, 0.2) is 42.5 Å². The second-order valence-corrected chi connectivity index (χ2v) is 7.49. The molecule has 5 heteroatoms. The van der Waals surface area contributed by atoms with Crippen LogP contribution in [0.2, 0.25) is 5.02 Å². The summed E-state index contributed by atoms with van der Waals surface area (Å²) in [5, 5.41) is 13.3. The Morgan fingerprint density at radius 3 is 2.54 bits per heavy atom. The van der Waals surface area contributed by atoms with Gasteiger partial charge in [-0.05, 0) is 56.2 Å². The molecule has 0 fully saturated rings. The SMILES string of the molecule is CCC(C)(C)NC(=O)c1cccc(CC(=O)Cc2cc(Cl)ccc2O)c1. The molecule has 4 nitrogen and oxygen atoms in total. The van der Waals surface area contributed by atoms with Gasteiger partial charge >= 0.3 is 0 Å². The fourth-order valence-corrected chi connectivity index (χ4v) is 2.68. The van der Waals surface area contributed by atoms with E-state index in [2.05, 4.69) is 5.32 Å². The Hall–Kier alpha value is -2.33. The quantitative estimate of drug-likeness (QED) is 0.759. The number of halogens is 1. The minimum atomic E-state index is -0.285. The van der Waals surface area contributed by atoms with E-state index in [1.54, 1.807) is 30.3 Å². The Labute approximate surface area is 159 Å². The van der Waals surface area contributed by atoms with Crippen LogP contribution >= 0.6 is 11.6 Å². The average molecular weight is 374 g/mol. The minimum absolute atomic E-state index is 0.0534. The fraction of sp³-hybridized carbons (Fsp3) is 0.333. The highest BCUT2D eigenvalue weighted by atomic mass is 35.5. The van der Waals surface area contributed by atoms with E-state index < -0.39 is 0 Å². The number of Topliss-reactive ketones (excluding diaryl/α,β-unsaturated/α-hetero) is 1. The van der Waals surface area contributed by atoms with Crippen LogP contribution in [-0.2, 0) is 17.6 Å². The van der Waals surface area contributed by atoms with Gasteiger partial charge in [-0.2, -0.15) is 0 Å². The van der Waals surface area contributed by atoms with Crippen molar-refractivity contribution in [1.82, 2.24) is 5.32 Å². The summed E-state index contributed by atoms with van der Waals surface area (Å²) in [6, 6.07) is 11.7. The number of rotatable bonds is 7. The van der Waals surface area contributed by atoms with Crippen molar-refractivity contribution >= 4 is 23.3 Å². The lowest BCUT2D eigenvalue weighted by molar-refractivity contribution is -0.117. The normalized spacial score (nSPS) is 11.2. The number of amides is 1. The van der Waals surface area contributed by atoms with E-state index in [9.17, 15) is 14.7 Å². The third kappa shape index (κ3) is 5.60. The van der Waals surface area contributed by atoms with Gasteiger partial charge in [0.15, 0.2) is 0 Å². The predicted octanol–water partition coefficient (Wildman–Crippen LogP) is 4.32. The first-order valence-electron chi connectivity index (χ1n) is 8.61. The van der Waals surface area contributed by atoms with Crippen LogP contribution in [0.1, 0.15) is 48.7 Å². The van der Waals surface area contributed by atoms with Crippen LogP contribution in [0.4, 0.5) is 0 Å². The first-order chi connectivity index (χ1) is 12.2. The van der Waals surface area contributed by atoms with E-state index in [1.165, 1.54) is 6.07 Å². The molecule has 1 amide bonds. The fourth-order valence-electron chi connectivity index (χ4n) is 2.49. The molecule has 2 aromatic carbocycles. The number of ketones is 1. The van der Waals surface area contributed by atoms with E-state index in [4.69, 9.17) is 11.6 Å². The molecule has 0 atom stereocenters. The summed E-state index contributed by atoms with van der Waals surface area (Å²) >= 11 is 5.91. The lowest BCUT2D eigenvalue weighted by Crippen LogP contribution is -2.42. The predicted molar refractivity (Wildman–Crippen MR) is 104 cm³/mol. The summed E-state index contributed by atoms with van der Waals surface area (Å²) in [7, 11) is 0. The summed E-state index contributed by atoms with van der Waals surface area (Å²) < 4.78 is 0. The number of aromatic hydroxyl groups is 1. The van der Waals surface area contributed by atoms with Crippen LogP contribution in [0.3, 0.4) is 0 Å². The van der Waals surface area contributed by atoms with Gasteiger partial charge in [-0.15, -0.1) is 0 Å². The van der Waals surface area contributed by atoms with Crippen molar-refractivity contribution < 1.29 is 14.7 Å². The lowest BCUT2D eigenvalue weighted by atomic mass is 9.99. The van der Waals surface area contributed by atoms with Gasteiger partial charge in [-0.1, -0.05) is 30.7 Å². The monoisotopic (exact) mass is 373 g/mol. The molecule has 0 aliphatic rings. The molecule has 2 N–H and O–H groups in total. The molecule has 0 radical (unpaired) electrons. The highest BCUT2D eigenvalue weighted by Gasteiger charge is 2.19. The maximum absolute atomic E-state index is 12.4. The molecular weight excluding hydrogens is 350 g/mol. The second kappa shape index (κ2) is 8.37. The first kappa shape index (κ1) is 20.0. The summed E-state index contributed by atoms with van der Waals surface area (Å²) in [6.45, 7) is 5.95. The van der Waals surface area contributed by atoms with Crippen LogP contribution in [0.5, 0.6) is 5.75 Å². The van der Waals surface area contributed by atoms with Crippen LogP contribution in [-0.4, -0.2) is 22.3 Å². The molecule has 0 heterocycles. The summed E-state index contributed by atoms with van der Waals surface area (Å²) in [5.74, 6) is -0.162. The number of phenolic OH excluding ortho intramolecular Hbond substituents is 1. The highest BCUT2D eigenvalue weighted by molar-refractivity contribution is 6.30. The van der Waals surface area contributed by atoms with E-state index in [0.29, 0.717) is 16.1 Å². The van der Waals surface area contributed by atoms with Gasteiger partial charge in [0.05, 0.1) is 0 Å². The molecule has 2 aromatic rings. The van der Waals surface area contributed by atoms with Gasteiger partial charge in [0.1, 0.15) is 11.5 Å². The van der Waals surface area contributed by atoms with Crippen molar-refractivity contribution in [2.75, 3.05) is 0 Å². The maximum atomic E-state index is 12.4. The molecular formula is C21H24ClNO3. The number of nitrogens with one attached hydrogen (secondary N) is 1. The molecule has 26 heavy (non-hydrogen) atoms. The minimum Gasteiger partial charge on any atom is -0.508 e. The molecule has 0 bridgehead atoms. The largest absolute Gasteiger partial charge is 0.508 e. The molecule has 0 unspecified atom stereocenters. The van der Waals surface area contributed by atoms with Crippen molar-refractivity contribution in [2.24, 2.45) is 0 Å². The molecule has 2 rings (SSSR count). The Balaban J connectivity index is 2.07. The number of hydrogen-bond donors (Lipinski definition) is 2. The van der Waals surface area contributed by atoms with Crippen molar-refractivity contribution in [3.05, 3.63) is 64.2 Å². The number of carbonyl (C=O) groups excluding carboxylic acids is 2. The number of phenols is 1. The Morgan fingerprint density at radius 2 is 1.85 bits per heavy atom. The van der Waals surface area contributed by atoms with Crippen LogP contribution in [0, 0.1) is 0 Å². The third-order valence-corrected chi connectivity index (χ3v) is 4.59. The Morgan fingerprint density at radius 1 is 1.12 bits per heavy atom. The van der Waals surface area contributed by atoms with Gasteiger partial charge in [0.25, 0.3) is 5.91 Å². The smallest absolute Gasteiger partial charge is 0.251 e. The maximum Gasteiger partial charge on any atom is 0.251 e.